The number of Topliss-reactive ketones (excluding diaryl/α,β-unsaturated/α-hetero) is 1. The van der Waals surface area contributed by atoms with Crippen molar-refractivity contribution in [2.45, 2.75) is 20.8 Å². The minimum atomic E-state index is -0.536. The Hall–Kier alpha value is -1.62. The van der Waals surface area contributed by atoms with Crippen LogP contribution < -0.4 is 0 Å². The molecule has 0 heterocycles. The minimum Gasteiger partial charge on any atom is -0.293 e. The van der Waals surface area contributed by atoms with Crippen molar-refractivity contribution in [2.75, 3.05) is 0 Å². The van der Waals surface area contributed by atoms with Crippen molar-refractivity contribution in [3.8, 4) is 6.07 Å². The molecule has 0 N–H and O–H groups in total. The zero-order valence-corrected chi connectivity index (χ0v) is 9.32. The fraction of sp³-hybridized carbons (Fsp3) is 0.385. The van der Waals surface area contributed by atoms with E-state index in [4.69, 9.17) is 5.26 Å². The van der Waals surface area contributed by atoms with Gasteiger partial charge in [0.05, 0.1) is 6.07 Å². The third-order valence-corrected chi connectivity index (χ3v) is 2.50. The molecule has 0 saturated carbocycles. The number of nitriles is 1. The maximum absolute atomic E-state index is 12.0. The monoisotopic (exact) mass is 201 g/mol. The SMILES string of the molecule is Cc1ccccc1C(=O)C(C#N)C(C)C. The van der Waals surface area contributed by atoms with Crippen LogP contribution in [-0.2, 0) is 0 Å². The van der Waals surface area contributed by atoms with Gasteiger partial charge in [0, 0.05) is 5.56 Å². The lowest BCUT2D eigenvalue weighted by molar-refractivity contribution is 0.0924. The second-order valence-electron chi connectivity index (χ2n) is 4.03. The zero-order valence-electron chi connectivity index (χ0n) is 9.32. The Morgan fingerprint density at radius 3 is 2.40 bits per heavy atom. The van der Waals surface area contributed by atoms with Gasteiger partial charge in [0.2, 0.25) is 0 Å². The van der Waals surface area contributed by atoms with E-state index in [2.05, 4.69) is 6.07 Å². The van der Waals surface area contributed by atoms with Crippen molar-refractivity contribution in [1.29, 1.82) is 5.26 Å². The molecule has 0 radical (unpaired) electrons. The lowest BCUT2D eigenvalue weighted by atomic mass is 9.88. The largest absolute Gasteiger partial charge is 0.293 e. The molecule has 0 amide bonds. The van der Waals surface area contributed by atoms with Gasteiger partial charge in [-0.05, 0) is 18.4 Å². The first-order valence-electron chi connectivity index (χ1n) is 5.07. The van der Waals surface area contributed by atoms with Crippen LogP contribution in [0.5, 0.6) is 0 Å². The third kappa shape index (κ3) is 2.44. The summed E-state index contributed by atoms with van der Waals surface area (Å²) in [5.74, 6) is -0.543. The number of hydrogen-bond donors (Lipinski definition) is 0. The van der Waals surface area contributed by atoms with E-state index in [1.54, 1.807) is 6.07 Å². The van der Waals surface area contributed by atoms with E-state index in [1.165, 1.54) is 0 Å². The molecule has 0 fully saturated rings. The Labute approximate surface area is 90.5 Å². The van der Waals surface area contributed by atoms with Crippen LogP contribution in [0.4, 0.5) is 0 Å². The normalized spacial score (nSPS) is 12.2. The highest BCUT2D eigenvalue weighted by atomic mass is 16.1. The Morgan fingerprint density at radius 1 is 1.33 bits per heavy atom. The van der Waals surface area contributed by atoms with Crippen molar-refractivity contribution < 1.29 is 4.79 Å². The van der Waals surface area contributed by atoms with Crippen LogP contribution in [0.2, 0.25) is 0 Å². The van der Waals surface area contributed by atoms with Gasteiger partial charge in [-0.2, -0.15) is 5.26 Å². The fourth-order valence-corrected chi connectivity index (χ4v) is 1.53. The molecule has 0 aliphatic heterocycles. The quantitative estimate of drug-likeness (QED) is 0.705. The molecule has 1 atom stereocenters. The molecule has 15 heavy (non-hydrogen) atoms. The topological polar surface area (TPSA) is 40.9 Å². The van der Waals surface area contributed by atoms with Gasteiger partial charge in [-0.15, -0.1) is 0 Å². The maximum Gasteiger partial charge on any atom is 0.180 e. The van der Waals surface area contributed by atoms with Crippen LogP contribution in [0.1, 0.15) is 29.8 Å². The molecule has 0 aliphatic carbocycles. The van der Waals surface area contributed by atoms with Crippen LogP contribution >= 0.6 is 0 Å². The summed E-state index contributed by atoms with van der Waals surface area (Å²) in [6, 6.07) is 9.47. The van der Waals surface area contributed by atoms with Crippen molar-refractivity contribution in [2.24, 2.45) is 11.8 Å². The standard InChI is InChI=1S/C13H15NO/c1-9(2)12(8-14)13(15)11-7-5-4-6-10(11)3/h4-7,9,12H,1-3H3. The third-order valence-electron chi connectivity index (χ3n) is 2.50. The number of ketones is 1. The van der Waals surface area contributed by atoms with E-state index in [9.17, 15) is 4.79 Å². The van der Waals surface area contributed by atoms with Gasteiger partial charge < -0.3 is 0 Å². The molecule has 0 spiro atoms. The summed E-state index contributed by atoms with van der Waals surface area (Å²) in [6.45, 7) is 5.68. The first-order chi connectivity index (χ1) is 7.07. The second kappa shape index (κ2) is 4.75. The second-order valence-corrected chi connectivity index (χ2v) is 4.03. The average molecular weight is 201 g/mol. The molecule has 78 valence electrons. The summed E-state index contributed by atoms with van der Waals surface area (Å²) < 4.78 is 0. The van der Waals surface area contributed by atoms with Crippen molar-refractivity contribution in [1.82, 2.24) is 0 Å². The molecule has 2 heteroatoms. The number of nitrogens with zero attached hydrogens (tertiary/aromatic N) is 1. The van der Waals surface area contributed by atoms with Gasteiger partial charge in [-0.25, -0.2) is 0 Å². The first kappa shape index (κ1) is 11.5. The zero-order chi connectivity index (χ0) is 11.4. The molecule has 1 aromatic rings. The van der Waals surface area contributed by atoms with Crippen LogP contribution in [0.25, 0.3) is 0 Å². The molecule has 0 bridgehead atoms. The summed E-state index contributed by atoms with van der Waals surface area (Å²) >= 11 is 0. The van der Waals surface area contributed by atoms with E-state index >= 15 is 0 Å². The minimum absolute atomic E-state index is 0.0575. The maximum atomic E-state index is 12.0. The Morgan fingerprint density at radius 2 is 1.93 bits per heavy atom. The lowest BCUT2D eigenvalue weighted by Gasteiger charge is -2.12. The molecule has 0 saturated heterocycles. The van der Waals surface area contributed by atoms with Crippen LogP contribution in [0.15, 0.2) is 24.3 Å². The molecule has 1 rings (SSSR count). The molecule has 1 aromatic carbocycles. The molecule has 1 unspecified atom stereocenters. The molecular weight excluding hydrogens is 186 g/mol. The van der Waals surface area contributed by atoms with Gasteiger partial charge >= 0.3 is 0 Å². The lowest BCUT2D eigenvalue weighted by Crippen LogP contribution is -2.19. The number of rotatable bonds is 3. The van der Waals surface area contributed by atoms with Gasteiger partial charge in [-0.1, -0.05) is 38.1 Å². The van der Waals surface area contributed by atoms with E-state index in [0.29, 0.717) is 5.56 Å². The Kier molecular flexibility index (Phi) is 3.62. The number of hydrogen-bond acceptors (Lipinski definition) is 2. The predicted octanol–water partition coefficient (Wildman–Crippen LogP) is 2.97. The van der Waals surface area contributed by atoms with Crippen molar-refractivity contribution in [3.05, 3.63) is 35.4 Å². The molecule has 0 aliphatic rings. The molecular formula is C13H15NO. The van der Waals surface area contributed by atoms with E-state index in [-0.39, 0.29) is 11.7 Å². The highest BCUT2D eigenvalue weighted by Crippen LogP contribution is 2.18. The number of carbonyl (C=O) groups excluding carboxylic acids is 1. The highest BCUT2D eigenvalue weighted by molar-refractivity contribution is 6.00. The summed E-state index contributed by atoms with van der Waals surface area (Å²) in [5.41, 5.74) is 1.60. The number of aryl methyl sites for hydroxylation is 1. The van der Waals surface area contributed by atoms with Gasteiger partial charge in [0.25, 0.3) is 0 Å². The van der Waals surface area contributed by atoms with Crippen LogP contribution in [-0.4, -0.2) is 5.78 Å². The van der Waals surface area contributed by atoms with Crippen LogP contribution in [0.3, 0.4) is 0 Å². The van der Waals surface area contributed by atoms with E-state index < -0.39 is 5.92 Å². The molecule has 2 nitrogen and oxygen atoms in total. The summed E-state index contributed by atoms with van der Waals surface area (Å²) in [6.07, 6.45) is 0. The summed E-state index contributed by atoms with van der Waals surface area (Å²) in [7, 11) is 0. The Bertz CT molecular complexity index is 401. The first-order valence-corrected chi connectivity index (χ1v) is 5.07. The van der Waals surface area contributed by atoms with E-state index in [1.807, 2.05) is 39.0 Å². The van der Waals surface area contributed by atoms with Gasteiger partial charge in [0.1, 0.15) is 5.92 Å². The summed E-state index contributed by atoms with van der Waals surface area (Å²) in [4.78, 5) is 12.0. The van der Waals surface area contributed by atoms with Gasteiger partial charge in [-0.3, -0.25) is 4.79 Å². The molecule has 0 aromatic heterocycles. The van der Waals surface area contributed by atoms with Crippen molar-refractivity contribution in [3.63, 3.8) is 0 Å². The fourth-order valence-electron chi connectivity index (χ4n) is 1.53. The number of benzene rings is 1. The van der Waals surface area contributed by atoms with Gasteiger partial charge in [0.15, 0.2) is 5.78 Å². The predicted molar refractivity (Wildman–Crippen MR) is 59.5 cm³/mol. The summed E-state index contributed by atoms with van der Waals surface area (Å²) in [5, 5.41) is 8.95. The van der Waals surface area contributed by atoms with Crippen LogP contribution in [0, 0.1) is 30.1 Å². The number of carbonyl (C=O) groups is 1. The van der Waals surface area contributed by atoms with E-state index in [0.717, 1.165) is 5.56 Å². The highest BCUT2D eigenvalue weighted by Gasteiger charge is 2.23. The smallest absolute Gasteiger partial charge is 0.180 e. The average Bonchev–Trinajstić information content (AvgIpc) is 2.18. The Balaban J connectivity index is 3.05. The van der Waals surface area contributed by atoms with Crippen molar-refractivity contribution >= 4 is 5.78 Å².